The molecule has 2 rings (SSSR count). The number of hydrogen-bond acceptors (Lipinski definition) is 3. The zero-order valence-electron chi connectivity index (χ0n) is 10.7. The van der Waals surface area contributed by atoms with Gasteiger partial charge in [-0.25, -0.2) is 0 Å². The predicted octanol–water partition coefficient (Wildman–Crippen LogP) is 3.45. The number of phenols is 1. The fourth-order valence-corrected chi connectivity index (χ4v) is 1.81. The van der Waals surface area contributed by atoms with E-state index in [-0.39, 0.29) is 24.7 Å². The molecule has 0 atom stereocenters. The first-order valence-corrected chi connectivity index (χ1v) is 6.49. The Kier molecular flexibility index (Phi) is 4.85. The maximum absolute atomic E-state index is 11.7. The van der Waals surface area contributed by atoms with Crippen LogP contribution in [0.1, 0.15) is 6.42 Å². The molecule has 0 radical (unpaired) electrons. The summed E-state index contributed by atoms with van der Waals surface area (Å²) >= 11 is 5.93. The minimum Gasteiger partial charge on any atom is -0.508 e. The van der Waals surface area contributed by atoms with Gasteiger partial charge in [0.2, 0.25) is 5.91 Å². The van der Waals surface area contributed by atoms with Gasteiger partial charge in [-0.3, -0.25) is 4.79 Å². The maximum Gasteiger partial charge on any atom is 0.227 e. The Labute approximate surface area is 122 Å². The van der Waals surface area contributed by atoms with Gasteiger partial charge in [0.25, 0.3) is 0 Å². The molecule has 0 unspecified atom stereocenters. The average molecular weight is 292 g/mol. The molecule has 4 nitrogen and oxygen atoms in total. The summed E-state index contributed by atoms with van der Waals surface area (Å²) in [5.74, 6) is 0.470. The van der Waals surface area contributed by atoms with Gasteiger partial charge in [-0.15, -0.1) is 0 Å². The summed E-state index contributed by atoms with van der Waals surface area (Å²) in [6, 6.07) is 13.5. The molecule has 104 valence electrons. The number of benzene rings is 2. The van der Waals surface area contributed by atoms with E-state index in [2.05, 4.69) is 5.32 Å². The van der Waals surface area contributed by atoms with Crippen molar-refractivity contribution in [1.82, 2.24) is 0 Å². The number of rotatable bonds is 5. The number of carbonyl (C=O) groups excluding carboxylic acids is 1. The molecule has 0 aliphatic heterocycles. The minimum atomic E-state index is -0.192. The number of nitrogens with one attached hydrogen (secondary N) is 1. The molecule has 20 heavy (non-hydrogen) atoms. The van der Waals surface area contributed by atoms with Crippen molar-refractivity contribution >= 4 is 23.2 Å². The van der Waals surface area contributed by atoms with Gasteiger partial charge < -0.3 is 15.2 Å². The Morgan fingerprint density at radius 3 is 2.75 bits per heavy atom. The summed E-state index contributed by atoms with van der Waals surface area (Å²) in [4.78, 5) is 11.7. The lowest BCUT2D eigenvalue weighted by Gasteiger charge is -2.08. The van der Waals surface area contributed by atoms with Crippen LogP contribution in [0.3, 0.4) is 0 Å². The van der Waals surface area contributed by atoms with Gasteiger partial charge >= 0.3 is 0 Å². The van der Waals surface area contributed by atoms with Gasteiger partial charge in [0.1, 0.15) is 11.5 Å². The number of para-hydroxylation sites is 1. The molecule has 0 aliphatic rings. The number of ether oxygens (including phenoxy) is 1. The van der Waals surface area contributed by atoms with Crippen molar-refractivity contribution in [2.45, 2.75) is 6.42 Å². The SMILES string of the molecule is O=C(CCOc1ccccc1Cl)Nc1cccc(O)c1. The van der Waals surface area contributed by atoms with Gasteiger partial charge in [-0.05, 0) is 24.3 Å². The smallest absolute Gasteiger partial charge is 0.227 e. The lowest BCUT2D eigenvalue weighted by Crippen LogP contribution is -2.15. The van der Waals surface area contributed by atoms with E-state index in [4.69, 9.17) is 16.3 Å². The predicted molar refractivity (Wildman–Crippen MR) is 78.3 cm³/mol. The van der Waals surface area contributed by atoms with Crippen LogP contribution in [0.25, 0.3) is 0 Å². The maximum atomic E-state index is 11.7. The zero-order valence-corrected chi connectivity index (χ0v) is 11.4. The van der Waals surface area contributed by atoms with Gasteiger partial charge in [-0.2, -0.15) is 0 Å². The molecular formula is C15H14ClNO3. The lowest BCUT2D eigenvalue weighted by molar-refractivity contribution is -0.116. The number of amides is 1. The molecule has 2 aromatic carbocycles. The standard InChI is InChI=1S/C15H14ClNO3/c16-13-6-1-2-7-14(13)20-9-8-15(19)17-11-4-3-5-12(18)10-11/h1-7,10,18H,8-9H2,(H,17,19). The first-order valence-electron chi connectivity index (χ1n) is 6.11. The fraction of sp³-hybridized carbons (Fsp3) is 0.133. The topological polar surface area (TPSA) is 58.6 Å². The van der Waals surface area contributed by atoms with Crippen LogP contribution < -0.4 is 10.1 Å². The minimum absolute atomic E-state index is 0.107. The van der Waals surface area contributed by atoms with Crippen LogP contribution in [0.4, 0.5) is 5.69 Å². The van der Waals surface area contributed by atoms with Crippen molar-refractivity contribution < 1.29 is 14.6 Å². The third kappa shape index (κ3) is 4.17. The number of hydrogen-bond donors (Lipinski definition) is 2. The Hall–Kier alpha value is -2.20. The van der Waals surface area contributed by atoms with Crippen LogP contribution in [0.5, 0.6) is 11.5 Å². The molecule has 0 saturated heterocycles. The number of anilines is 1. The molecule has 0 fully saturated rings. The van der Waals surface area contributed by atoms with E-state index in [0.29, 0.717) is 16.5 Å². The Morgan fingerprint density at radius 1 is 1.20 bits per heavy atom. The van der Waals surface area contributed by atoms with Gasteiger partial charge in [0.05, 0.1) is 18.1 Å². The summed E-state index contributed by atoms with van der Waals surface area (Å²) in [5.41, 5.74) is 0.549. The first-order chi connectivity index (χ1) is 9.65. The summed E-state index contributed by atoms with van der Waals surface area (Å²) in [6.07, 6.45) is 0.195. The molecular weight excluding hydrogens is 278 g/mol. The second-order valence-corrected chi connectivity index (χ2v) is 4.53. The Bertz CT molecular complexity index is 601. The van der Waals surface area contributed by atoms with Crippen molar-refractivity contribution in [2.24, 2.45) is 0 Å². The van der Waals surface area contributed by atoms with E-state index in [1.54, 1.807) is 24.3 Å². The fourth-order valence-electron chi connectivity index (χ4n) is 1.62. The highest BCUT2D eigenvalue weighted by Crippen LogP contribution is 2.23. The molecule has 5 heteroatoms. The van der Waals surface area contributed by atoms with Crippen LogP contribution in [-0.2, 0) is 4.79 Å². The van der Waals surface area contributed by atoms with Gasteiger partial charge in [-0.1, -0.05) is 29.8 Å². The van der Waals surface area contributed by atoms with Gasteiger partial charge in [0.15, 0.2) is 0 Å². The Morgan fingerprint density at radius 2 is 2.00 bits per heavy atom. The number of carbonyl (C=O) groups is 1. The third-order valence-corrected chi connectivity index (χ3v) is 2.87. The highest BCUT2D eigenvalue weighted by Gasteiger charge is 2.05. The molecule has 0 aromatic heterocycles. The van der Waals surface area contributed by atoms with Crippen molar-refractivity contribution in [3.8, 4) is 11.5 Å². The zero-order chi connectivity index (χ0) is 14.4. The van der Waals surface area contributed by atoms with E-state index in [1.165, 1.54) is 12.1 Å². The highest BCUT2D eigenvalue weighted by atomic mass is 35.5. The summed E-state index contributed by atoms with van der Waals surface area (Å²) < 4.78 is 5.43. The molecule has 2 N–H and O–H groups in total. The monoisotopic (exact) mass is 291 g/mol. The molecule has 0 aliphatic carbocycles. The molecule has 0 heterocycles. The van der Waals surface area contributed by atoms with Crippen molar-refractivity contribution in [2.75, 3.05) is 11.9 Å². The van der Waals surface area contributed by atoms with Crippen LogP contribution in [0.2, 0.25) is 5.02 Å². The molecule has 0 saturated carbocycles. The second-order valence-electron chi connectivity index (χ2n) is 4.13. The van der Waals surface area contributed by atoms with E-state index in [9.17, 15) is 9.90 Å². The van der Waals surface area contributed by atoms with Crippen LogP contribution in [0, 0.1) is 0 Å². The molecule has 0 bridgehead atoms. The largest absolute Gasteiger partial charge is 0.508 e. The summed E-state index contributed by atoms with van der Waals surface area (Å²) in [5, 5.41) is 12.5. The summed E-state index contributed by atoms with van der Waals surface area (Å²) in [7, 11) is 0. The quantitative estimate of drug-likeness (QED) is 0.887. The third-order valence-electron chi connectivity index (χ3n) is 2.55. The first kappa shape index (κ1) is 14.2. The van der Waals surface area contributed by atoms with E-state index < -0.39 is 0 Å². The lowest BCUT2D eigenvalue weighted by atomic mass is 10.3. The molecule has 0 spiro atoms. The van der Waals surface area contributed by atoms with Crippen molar-refractivity contribution in [3.05, 3.63) is 53.6 Å². The Balaban J connectivity index is 1.80. The normalized spacial score (nSPS) is 10.1. The van der Waals surface area contributed by atoms with Crippen LogP contribution >= 0.6 is 11.6 Å². The van der Waals surface area contributed by atoms with Crippen molar-refractivity contribution in [1.29, 1.82) is 0 Å². The van der Waals surface area contributed by atoms with Crippen LogP contribution in [-0.4, -0.2) is 17.6 Å². The van der Waals surface area contributed by atoms with E-state index >= 15 is 0 Å². The van der Waals surface area contributed by atoms with E-state index in [1.807, 2.05) is 12.1 Å². The van der Waals surface area contributed by atoms with Crippen molar-refractivity contribution in [3.63, 3.8) is 0 Å². The number of halogens is 1. The summed E-state index contributed by atoms with van der Waals surface area (Å²) in [6.45, 7) is 0.231. The number of aromatic hydroxyl groups is 1. The van der Waals surface area contributed by atoms with E-state index in [0.717, 1.165) is 0 Å². The number of phenolic OH excluding ortho intramolecular Hbond substituents is 1. The second kappa shape index (κ2) is 6.82. The van der Waals surface area contributed by atoms with Crippen LogP contribution in [0.15, 0.2) is 48.5 Å². The highest BCUT2D eigenvalue weighted by molar-refractivity contribution is 6.32. The molecule has 1 amide bonds. The van der Waals surface area contributed by atoms with Gasteiger partial charge in [0, 0.05) is 11.8 Å². The molecule has 2 aromatic rings. The average Bonchev–Trinajstić information content (AvgIpc) is 2.41.